The van der Waals surface area contributed by atoms with Crippen molar-refractivity contribution < 1.29 is 81.4 Å². The monoisotopic (exact) mass is 357 g/mol. The zero-order valence-electron chi connectivity index (χ0n) is 11.7. The Morgan fingerprint density at radius 3 is 1.38 bits per heavy atom. The Labute approximate surface area is 154 Å². The molecule has 0 spiro atoms. The largest absolute Gasteiger partial charge is 1.00 e. The van der Waals surface area contributed by atoms with Gasteiger partial charge in [-0.1, -0.05) is 0 Å². The topological polar surface area (TPSA) is 139 Å². The molecule has 0 aromatic rings. The molecule has 0 aromatic heterocycles. The number of rotatable bonds is 11. The van der Waals surface area contributed by atoms with E-state index >= 15 is 0 Å². The van der Waals surface area contributed by atoms with Gasteiger partial charge in [0.25, 0.3) is 0 Å². The number of carboxylic acid groups (broad SMARTS) is 3. The summed E-state index contributed by atoms with van der Waals surface area (Å²) in [5, 5.41) is 34.7. The number of aliphatic hydroxyl groups excluding tert-OH is 1. The molecule has 11 heteroatoms. The Morgan fingerprint density at radius 2 is 1.05 bits per heavy atom. The van der Waals surface area contributed by atoms with Crippen molar-refractivity contribution in [3.05, 3.63) is 0 Å². The van der Waals surface area contributed by atoms with Gasteiger partial charge in [0.1, 0.15) is 0 Å². The second-order valence-corrected chi connectivity index (χ2v) is 3.89. The van der Waals surface area contributed by atoms with E-state index in [1.807, 2.05) is 0 Å². The molecule has 0 heterocycles. The zero-order chi connectivity index (χ0) is 14.8. The maximum Gasteiger partial charge on any atom is 1.00 e. The number of aliphatic carboxylic acids is 3. The van der Waals surface area contributed by atoms with Crippen molar-refractivity contribution in [1.29, 1.82) is 0 Å². The van der Waals surface area contributed by atoms with Crippen LogP contribution in [0.1, 0.15) is 0 Å². The van der Waals surface area contributed by atoms with Gasteiger partial charge in [-0.15, -0.1) is 0 Å². The van der Waals surface area contributed by atoms with E-state index in [-0.39, 0.29) is 79.4 Å². The summed E-state index contributed by atoms with van der Waals surface area (Å²) in [5.74, 6) is -3.39. The van der Waals surface area contributed by atoms with Crippen LogP contribution in [0.25, 0.3) is 0 Å². The summed E-state index contributed by atoms with van der Waals surface area (Å²) >= 11 is 0. The third kappa shape index (κ3) is 16.0. The molecule has 0 atom stereocenters. The number of nitrogens with zero attached hydrogens (tertiary/aromatic N) is 2. The molecule has 118 valence electrons. The molecular weight excluding hydrogens is 339 g/mol. The van der Waals surface area contributed by atoms with Gasteiger partial charge in [-0.3, -0.25) is 24.2 Å². The number of aliphatic hydroxyl groups is 1. The fraction of sp³-hybridized carbons (Fsp3) is 0.700. The number of hydrogen-bond acceptors (Lipinski definition) is 6. The van der Waals surface area contributed by atoms with E-state index in [1.165, 1.54) is 9.80 Å². The summed E-state index contributed by atoms with van der Waals surface area (Å²) in [6.45, 7) is -1.03. The molecule has 0 rings (SSSR count). The molecule has 0 fully saturated rings. The van der Waals surface area contributed by atoms with Gasteiger partial charge in [0.2, 0.25) is 0 Å². The Morgan fingerprint density at radius 1 is 0.714 bits per heavy atom. The molecular formula is C10H18FeN2NaO7+. The third-order valence-corrected chi connectivity index (χ3v) is 2.23. The average molecular weight is 357 g/mol. The Balaban J connectivity index is -0.00000162. The smallest absolute Gasteiger partial charge is 0.480 e. The van der Waals surface area contributed by atoms with Crippen LogP contribution in [0.3, 0.4) is 0 Å². The standard InChI is InChI=1S/C10H18N2O7.Fe.Na/c13-4-3-11(5-8(14)15)1-2-12(6-9(16)17)7-10(18)19;;/h13H,1-7H2,(H,14,15)(H,16,17)(H,18,19);;/q;;+1. The van der Waals surface area contributed by atoms with Gasteiger partial charge in [-0.05, 0) is 0 Å². The third-order valence-electron chi connectivity index (χ3n) is 2.23. The Bertz CT molecular complexity index is 317. The van der Waals surface area contributed by atoms with Crippen LogP contribution in [0.2, 0.25) is 0 Å². The van der Waals surface area contributed by atoms with E-state index in [0.717, 1.165) is 0 Å². The number of carboxylic acids is 3. The van der Waals surface area contributed by atoms with Gasteiger partial charge >= 0.3 is 47.5 Å². The first-order valence-electron chi connectivity index (χ1n) is 5.56. The molecule has 0 unspecified atom stereocenters. The molecule has 0 aliphatic heterocycles. The first-order chi connectivity index (χ1) is 8.85. The summed E-state index contributed by atoms with van der Waals surface area (Å²) in [7, 11) is 0. The first kappa shape index (κ1) is 25.7. The molecule has 0 saturated heterocycles. The van der Waals surface area contributed by atoms with E-state index in [0.29, 0.717) is 0 Å². The van der Waals surface area contributed by atoms with Crippen LogP contribution in [0.5, 0.6) is 0 Å². The average Bonchev–Trinajstić information content (AvgIpc) is 2.23. The number of hydrogen-bond donors (Lipinski definition) is 4. The van der Waals surface area contributed by atoms with Crippen LogP contribution in [0.4, 0.5) is 0 Å². The zero-order valence-corrected chi connectivity index (χ0v) is 14.8. The van der Waals surface area contributed by atoms with Gasteiger partial charge < -0.3 is 20.4 Å². The van der Waals surface area contributed by atoms with E-state index in [1.54, 1.807) is 0 Å². The van der Waals surface area contributed by atoms with E-state index in [2.05, 4.69) is 0 Å². The second-order valence-electron chi connectivity index (χ2n) is 3.89. The predicted octanol–water partition coefficient (Wildman–Crippen LogP) is -5.16. The molecule has 4 N–H and O–H groups in total. The molecule has 0 aliphatic rings. The minimum atomic E-state index is -1.16. The predicted molar refractivity (Wildman–Crippen MR) is 62.9 cm³/mol. The first-order valence-corrected chi connectivity index (χ1v) is 5.56. The number of carbonyl (C=O) groups is 3. The van der Waals surface area contributed by atoms with E-state index in [9.17, 15) is 14.4 Å². The van der Waals surface area contributed by atoms with Gasteiger partial charge in [0.15, 0.2) is 0 Å². The molecule has 21 heavy (non-hydrogen) atoms. The fourth-order valence-corrected chi connectivity index (χ4v) is 1.48. The van der Waals surface area contributed by atoms with E-state index in [4.69, 9.17) is 20.4 Å². The second kappa shape index (κ2) is 14.7. The van der Waals surface area contributed by atoms with Crippen molar-refractivity contribution in [2.24, 2.45) is 0 Å². The molecule has 0 radical (unpaired) electrons. The Kier molecular flexibility index (Phi) is 18.1. The van der Waals surface area contributed by atoms with Crippen molar-refractivity contribution in [2.75, 3.05) is 45.9 Å². The minimum absolute atomic E-state index is 0. The van der Waals surface area contributed by atoms with Crippen LogP contribution in [0, 0.1) is 0 Å². The summed E-state index contributed by atoms with van der Waals surface area (Å²) in [6, 6.07) is 0. The molecule has 0 saturated carbocycles. The van der Waals surface area contributed by atoms with Crippen LogP contribution < -0.4 is 29.6 Å². The quantitative estimate of drug-likeness (QED) is 0.267. The fourth-order valence-electron chi connectivity index (χ4n) is 1.48. The SMILES string of the molecule is O=C(O)CN(CCO)CCN(CC(=O)O)CC(=O)O.[Fe].[Na+]. The van der Waals surface area contributed by atoms with Crippen molar-refractivity contribution in [1.82, 2.24) is 9.80 Å². The Hall–Kier alpha value is -0.191. The summed E-state index contributed by atoms with van der Waals surface area (Å²) in [5.41, 5.74) is 0. The van der Waals surface area contributed by atoms with E-state index < -0.39 is 31.0 Å². The van der Waals surface area contributed by atoms with Crippen molar-refractivity contribution in [3.8, 4) is 0 Å². The van der Waals surface area contributed by atoms with Crippen molar-refractivity contribution >= 4 is 17.9 Å². The molecule has 0 aromatic carbocycles. The summed E-state index contributed by atoms with van der Waals surface area (Å²) in [4.78, 5) is 34.3. The van der Waals surface area contributed by atoms with Gasteiger partial charge in [-0.2, -0.15) is 0 Å². The van der Waals surface area contributed by atoms with Crippen LogP contribution in [0.15, 0.2) is 0 Å². The molecule has 9 nitrogen and oxygen atoms in total. The van der Waals surface area contributed by atoms with Crippen LogP contribution in [-0.2, 0) is 31.5 Å². The maximum absolute atomic E-state index is 10.6. The van der Waals surface area contributed by atoms with Crippen LogP contribution >= 0.6 is 0 Å². The minimum Gasteiger partial charge on any atom is -0.480 e. The summed E-state index contributed by atoms with van der Waals surface area (Å²) < 4.78 is 0. The van der Waals surface area contributed by atoms with Gasteiger partial charge in [-0.25, -0.2) is 0 Å². The summed E-state index contributed by atoms with van der Waals surface area (Å²) in [6.07, 6.45) is 0. The maximum atomic E-state index is 10.6. The van der Waals surface area contributed by atoms with Gasteiger partial charge in [0, 0.05) is 36.7 Å². The van der Waals surface area contributed by atoms with Gasteiger partial charge in [0.05, 0.1) is 26.2 Å². The molecule has 0 amide bonds. The molecule has 0 bridgehead atoms. The van der Waals surface area contributed by atoms with Crippen molar-refractivity contribution in [3.63, 3.8) is 0 Å². The van der Waals surface area contributed by atoms with Crippen molar-refractivity contribution in [2.45, 2.75) is 0 Å². The normalized spacial score (nSPS) is 9.86. The molecule has 0 aliphatic carbocycles. The van der Waals surface area contributed by atoms with Crippen LogP contribution in [-0.4, -0.2) is 94.0 Å².